The Balaban J connectivity index is 1.46. The number of fused-ring (bicyclic) bond motifs is 1. The predicted octanol–water partition coefficient (Wildman–Crippen LogP) is 6.87. The predicted molar refractivity (Wildman–Crippen MR) is 151 cm³/mol. The maximum atomic E-state index is 13.2. The first-order chi connectivity index (χ1) is 17.9. The van der Waals surface area contributed by atoms with E-state index in [2.05, 4.69) is 10.6 Å². The highest BCUT2D eigenvalue weighted by molar-refractivity contribution is 8.00. The monoisotopic (exact) mass is 536 g/mol. The fourth-order valence-corrected chi connectivity index (χ4v) is 6.68. The molecule has 2 aromatic carbocycles. The number of carbonyl (C=O) groups is 3. The molecule has 1 unspecified atom stereocenters. The van der Waals surface area contributed by atoms with E-state index >= 15 is 0 Å². The Hall–Kier alpha value is -3.10. The molecular formula is C29H32N2O4S2. The lowest BCUT2D eigenvalue weighted by Crippen LogP contribution is -2.23. The maximum Gasteiger partial charge on any atom is 0.341 e. The molecule has 37 heavy (non-hydrogen) atoms. The number of benzene rings is 2. The molecule has 0 saturated carbocycles. The Bertz CT molecular complexity index is 1300. The molecule has 2 amide bonds. The average Bonchev–Trinajstić information content (AvgIpc) is 3.19. The van der Waals surface area contributed by atoms with Crippen molar-refractivity contribution in [2.75, 3.05) is 17.7 Å². The molecule has 6 nitrogen and oxygen atoms in total. The Morgan fingerprint density at radius 1 is 0.973 bits per heavy atom. The second-order valence-electron chi connectivity index (χ2n) is 9.16. The van der Waals surface area contributed by atoms with Gasteiger partial charge in [0.1, 0.15) is 5.00 Å². The minimum absolute atomic E-state index is 0.172. The summed E-state index contributed by atoms with van der Waals surface area (Å²) in [6.45, 7) is 3.74. The molecule has 1 atom stereocenters. The number of ether oxygens (including phenoxy) is 1. The smallest absolute Gasteiger partial charge is 0.341 e. The van der Waals surface area contributed by atoms with E-state index in [0.29, 0.717) is 21.8 Å². The van der Waals surface area contributed by atoms with Crippen LogP contribution in [0.2, 0.25) is 0 Å². The quantitative estimate of drug-likeness (QED) is 0.254. The Morgan fingerprint density at radius 3 is 2.49 bits per heavy atom. The van der Waals surface area contributed by atoms with Crippen molar-refractivity contribution in [1.82, 2.24) is 0 Å². The second-order valence-corrected chi connectivity index (χ2v) is 11.7. The lowest BCUT2D eigenvalue weighted by molar-refractivity contribution is -0.115. The molecule has 3 aromatic rings. The molecule has 1 aliphatic rings. The molecule has 0 spiro atoms. The van der Waals surface area contributed by atoms with Gasteiger partial charge in [0.15, 0.2) is 0 Å². The van der Waals surface area contributed by atoms with Crippen LogP contribution in [0.15, 0.2) is 53.4 Å². The summed E-state index contributed by atoms with van der Waals surface area (Å²) < 4.78 is 5.07. The molecule has 0 radical (unpaired) electrons. The summed E-state index contributed by atoms with van der Waals surface area (Å²) in [7, 11) is 1.38. The van der Waals surface area contributed by atoms with Crippen LogP contribution in [0.1, 0.15) is 69.3 Å². The molecule has 0 aliphatic heterocycles. The van der Waals surface area contributed by atoms with Gasteiger partial charge in [-0.2, -0.15) is 0 Å². The lowest BCUT2D eigenvalue weighted by Gasteiger charge is -2.14. The van der Waals surface area contributed by atoms with E-state index in [1.807, 2.05) is 56.3 Å². The third-order valence-corrected chi connectivity index (χ3v) is 8.76. The van der Waals surface area contributed by atoms with Gasteiger partial charge in [-0.3, -0.25) is 9.59 Å². The van der Waals surface area contributed by atoms with Crippen LogP contribution in [0.3, 0.4) is 0 Å². The number of methoxy groups -OCH3 is 1. The van der Waals surface area contributed by atoms with E-state index in [-0.39, 0.29) is 11.8 Å². The van der Waals surface area contributed by atoms with Gasteiger partial charge in [0.05, 0.1) is 17.9 Å². The first-order valence-corrected chi connectivity index (χ1v) is 14.2. The minimum Gasteiger partial charge on any atom is -0.465 e. The number of hydrogen-bond acceptors (Lipinski definition) is 6. The zero-order valence-electron chi connectivity index (χ0n) is 21.4. The van der Waals surface area contributed by atoms with Gasteiger partial charge in [-0.1, -0.05) is 37.1 Å². The van der Waals surface area contributed by atoms with Crippen molar-refractivity contribution in [3.8, 4) is 0 Å². The first kappa shape index (κ1) is 26.9. The van der Waals surface area contributed by atoms with Gasteiger partial charge in [-0.05, 0) is 74.9 Å². The van der Waals surface area contributed by atoms with Crippen molar-refractivity contribution in [2.24, 2.45) is 0 Å². The number of rotatable bonds is 7. The number of hydrogen-bond donors (Lipinski definition) is 2. The largest absolute Gasteiger partial charge is 0.465 e. The van der Waals surface area contributed by atoms with Gasteiger partial charge in [-0.15, -0.1) is 23.1 Å². The van der Waals surface area contributed by atoms with Crippen LogP contribution in [-0.4, -0.2) is 30.1 Å². The number of anilines is 2. The van der Waals surface area contributed by atoms with E-state index in [0.717, 1.165) is 48.1 Å². The van der Waals surface area contributed by atoms with E-state index in [4.69, 9.17) is 4.74 Å². The molecular weight excluding hydrogens is 504 g/mol. The van der Waals surface area contributed by atoms with Crippen LogP contribution in [0.5, 0.6) is 0 Å². The van der Waals surface area contributed by atoms with Gasteiger partial charge in [0.25, 0.3) is 5.91 Å². The third kappa shape index (κ3) is 6.62. The van der Waals surface area contributed by atoms with Crippen molar-refractivity contribution in [2.45, 2.75) is 62.5 Å². The summed E-state index contributed by atoms with van der Waals surface area (Å²) in [4.78, 5) is 40.5. The van der Waals surface area contributed by atoms with Crippen LogP contribution >= 0.6 is 23.1 Å². The Labute approximate surface area is 226 Å². The number of esters is 1. The molecule has 1 heterocycles. The van der Waals surface area contributed by atoms with Crippen LogP contribution in [0, 0.1) is 6.92 Å². The van der Waals surface area contributed by atoms with E-state index in [9.17, 15) is 14.4 Å². The molecule has 1 aliphatic carbocycles. The van der Waals surface area contributed by atoms with Crippen molar-refractivity contribution in [3.05, 3.63) is 75.7 Å². The van der Waals surface area contributed by atoms with Gasteiger partial charge < -0.3 is 15.4 Å². The molecule has 0 saturated heterocycles. The number of thioether (sulfide) groups is 1. The van der Waals surface area contributed by atoms with Crippen molar-refractivity contribution in [1.29, 1.82) is 0 Å². The lowest BCUT2D eigenvalue weighted by atomic mass is 9.96. The van der Waals surface area contributed by atoms with Crippen LogP contribution in [0.4, 0.5) is 10.7 Å². The van der Waals surface area contributed by atoms with Gasteiger partial charge in [-0.25, -0.2) is 4.79 Å². The first-order valence-electron chi connectivity index (χ1n) is 12.5. The zero-order valence-corrected chi connectivity index (χ0v) is 23.0. The van der Waals surface area contributed by atoms with Crippen LogP contribution in [0.25, 0.3) is 0 Å². The molecule has 8 heteroatoms. The average molecular weight is 537 g/mol. The fraction of sp³-hybridized carbons (Fsp3) is 0.345. The van der Waals surface area contributed by atoms with Crippen molar-refractivity contribution >= 4 is 51.6 Å². The second kappa shape index (κ2) is 12.4. The normalized spacial score (nSPS) is 14.0. The van der Waals surface area contributed by atoms with Crippen LogP contribution in [-0.2, 0) is 22.4 Å². The molecule has 0 fully saturated rings. The highest BCUT2D eigenvalue weighted by Gasteiger charge is 2.27. The fourth-order valence-electron chi connectivity index (χ4n) is 4.47. The standard InChI is InChI=1S/C29H32N2O4S2/c1-18-11-8-9-14-22(18)27(33)30-20-12-10-13-21(17-20)36-19(2)26(32)31-28-25(29(34)35-3)23-15-6-4-5-7-16-24(23)37-28/h8-14,17,19H,4-7,15-16H2,1-3H3,(H,30,33)(H,31,32). The summed E-state index contributed by atoms with van der Waals surface area (Å²) in [6.07, 6.45) is 6.21. The molecule has 194 valence electrons. The zero-order chi connectivity index (χ0) is 26.4. The summed E-state index contributed by atoms with van der Waals surface area (Å²) in [5, 5.41) is 6.11. The van der Waals surface area contributed by atoms with E-state index < -0.39 is 11.2 Å². The van der Waals surface area contributed by atoms with Gasteiger partial charge in [0.2, 0.25) is 5.91 Å². The highest BCUT2D eigenvalue weighted by Crippen LogP contribution is 2.38. The van der Waals surface area contributed by atoms with Gasteiger partial charge >= 0.3 is 5.97 Å². The Kier molecular flexibility index (Phi) is 9.05. The number of amides is 2. The SMILES string of the molecule is COC(=O)c1c(NC(=O)C(C)Sc2cccc(NC(=O)c3ccccc3C)c2)sc2c1CCCCCC2. The highest BCUT2D eigenvalue weighted by atomic mass is 32.2. The topological polar surface area (TPSA) is 84.5 Å². The molecule has 4 rings (SSSR count). The summed E-state index contributed by atoms with van der Waals surface area (Å²) in [5.74, 6) is -0.751. The molecule has 0 bridgehead atoms. The van der Waals surface area contributed by atoms with E-state index in [1.165, 1.54) is 41.5 Å². The Morgan fingerprint density at radius 2 is 1.73 bits per heavy atom. The summed E-state index contributed by atoms with van der Waals surface area (Å²) in [5.41, 5.74) is 3.74. The van der Waals surface area contributed by atoms with Crippen LogP contribution < -0.4 is 10.6 Å². The number of aryl methyl sites for hydroxylation is 2. The summed E-state index contributed by atoms with van der Waals surface area (Å²) in [6, 6.07) is 14.9. The number of carbonyl (C=O) groups excluding carboxylic acids is 3. The minimum atomic E-state index is -0.419. The van der Waals surface area contributed by atoms with Gasteiger partial charge in [0, 0.05) is 21.0 Å². The van der Waals surface area contributed by atoms with Crippen molar-refractivity contribution in [3.63, 3.8) is 0 Å². The van der Waals surface area contributed by atoms with Crippen molar-refractivity contribution < 1.29 is 19.1 Å². The number of thiophene rings is 1. The molecule has 2 N–H and O–H groups in total. The number of nitrogens with one attached hydrogen (secondary N) is 2. The summed E-state index contributed by atoms with van der Waals surface area (Å²) >= 11 is 2.90. The maximum absolute atomic E-state index is 13.2. The molecule has 1 aromatic heterocycles. The third-order valence-electron chi connectivity index (χ3n) is 6.46. The van der Waals surface area contributed by atoms with E-state index in [1.54, 1.807) is 6.07 Å².